The van der Waals surface area contributed by atoms with E-state index < -0.39 is 0 Å². The first-order chi connectivity index (χ1) is 7.80. The number of hydrogen-bond donors (Lipinski definition) is 2. The Hall–Kier alpha value is -0.860. The van der Waals surface area contributed by atoms with E-state index in [2.05, 4.69) is 43.4 Å². The zero-order chi connectivity index (χ0) is 11.8. The third-order valence-electron chi connectivity index (χ3n) is 3.10. The summed E-state index contributed by atoms with van der Waals surface area (Å²) in [6, 6.07) is 8.82. The van der Waals surface area contributed by atoms with Gasteiger partial charge in [0.05, 0.1) is 0 Å². The highest BCUT2D eigenvalue weighted by atomic mass is 14.9. The van der Waals surface area contributed by atoms with Gasteiger partial charge >= 0.3 is 0 Å². The summed E-state index contributed by atoms with van der Waals surface area (Å²) in [4.78, 5) is 0. The van der Waals surface area contributed by atoms with Gasteiger partial charge in [-0.2, -0.15) is 0 Å². The summed E-state index contributed by atoms with van der Waals surface area (Å²) in [7, 11) is 0. The van der Waals surface area contributed by atoms with E-state index >= 15 is 0 Å². The molecule has 0 aliphatic carbocycles. The van der Waals surface area contributed by atoms with Gasteiger partial charge < -0.3 is 11.1 Å². The average Bonchev–Trinajstić information content (AvgIpc) is 2.35. The van der Waals surface area contributed by atoms with Gasteiger partial charge in [0.1, 0.15) is 0 Å². The molecule has 1 unspecified atom stereocenters. The van der Waals surface area contributed by atoms with Crippen molar-refractivity contribution in [2.75, 3.05) is 13.1 Å². The number of benzene rings is 1. The van der Waals surface area contributed by atoms with Crippen molar-refractivity contribution < 1.29 is 0 Å². The second-order valence-electron chi connectivity index (χ2n) is 4.31. The van der Waals surface area contributed by atoms with Crippen molar-refractivity contribution in [2.24, 2.45) is 11.7 Å². The topological polar surface area (TPSA) is 38.0 Å². The molecule has 0 bridgehead atoms. The van der Waals surface area contributed by atoms with Crippen molar-refractivity contribution in [1.29, 1.82) is 0 Å². The number of rotatable bonds is 7. The maximum atomic E-state index is 5.66. The molecule has 0 amide bonds. The Morgan fingerprint density at radius 1 is 1.12 bits per heavy atom. The lowest BCUT2D eigenvalue weighted by Gasteiger charge is -2.13. The smallest absolute Gasteiger partial charge is 0.0205 e. The summed E-state index contributed by atoms with van der Waals surface area (Å²) >= 11 is 0. The van der Waals surface area contributed by atoms with Gasteiger partial charge in [0, 0.05) is 6.54 Å². The van der Waals surface area contributed by atoms with Crippen molar-refractivity contribution in [2.45, 2.75) is 33.2 Å². The summed E-state index contributed by atoms with van der Waals surface area (Å²) < 4.78 is 0. The van der Waals surface area contributed by atoms with E-state index in [-0.39, 0.29) is 0 Å². The fourth-order valence-electron chi connectivity index (χ4n) is 1.71. The zero-order valence-electron chi connectivity index (χ0n) is 10.5. The standard InChI is InChI=1S/C14H24N2/c1-3-12-5-7-14(8-6-12)11-16-10-13(4-2)9-15/h5-8,13,16H,3-4,9-11,15H2,1-2H3. The Morgan fingerprint density at radius 2 is 1.75 bits per heavy atom. The van der Waals surface area contributed by atoms with Crippen LogP contribution in [0.5, 0.6) is 0 Å². The summed E-state index contributed by atoms with van der Waals surface area (Å²) in [6.07, 6.45) is 2.26. The highest BCUT2D eigenvalue weighted by Crippen LogP contribution is 2.05. The molecule has 0 radical (unpaired) electrons. The molecule has 1 atom stereocenters. The number of aryl methyl sites for hydroxylation is 1. The predicted octanol–water partition coefficient (Wildman–Crippen LogP) is 2.32. The third kappa shape index (κ3) is 4.33. The molecular formula is C14H24N2. The Bertz CT molecular complexity index is 275. The SMILES string of the molecule is CCc1ccc(CNCC(CC)CN)cc1. The highest BCUT2D eigenvalue weighted by Gasteiger charge is 2.02. The van der Waals surface area contributed by atoms with Crippen LogP contribution in [-0.2, 0) is 13.0 Å². The fraction of sp³-hybridized carbons (Fsp3) is 0.571. The Kier molecular flexibility index (Phi) is 6.12. The van der Waals surface area contributed by atoms with Gasteiger partial charge in [-0.3, -0.25) is 0 Å². The molecule has 0 aliphatic heterocycles. The van der Waals surface area contributed by atoms with Crippen molar-refractivity contribution >= 4 is 0 Å². The quantitative estimate of drug-likeness (QED) is 0.740. The Labute approximate surface area is 99.2 Å². The van der Waals surface area contributed by atoms with Gasteiger partial charge in [-0.1, -0.05) is 44.5 Å². The number of hydrogen-bond acceptors (Lipinski definition) is 2. The van der Waals surface area contributed by atoms with Crippen LogP contribution in [0.15, 0.2) is 24.3 Å². The minimum Gasteiger partial charge on any atom is -0.330 e. The molecule has 0 aliphatic rings. The molecule has 0 aromatic heterocycles. The largest absolute Gasteiger partial charge is 0.330 e. The molecule has 0 spiro atoms. The predicted molar refractivity (Wildman–Crippen MR) is 70.4 cm³/mol. The Balaban J connectivity index is 2.31. The fourth-order valence-corrected chi connectivity index (χ4v) is 1.71. The summed E-state index contributed by atoms with van der Waals surface area (Å²) in [6.45, 7) is 7.11. The minimum atomic E-state index is 0.606. The molecule has 16 heavy (non-hydrogen) atoms. The van der Waals surface area contributed by atoms with Crippen LogP contribution >= 0.6 is 0 Å². The lowest BCUT2D eigenvalue weighted by Crippen LogP contribution is -2.27. The van der Waals surface area contributed by atoms with Gasteiger partial charge in [-0.05, 0) is 36.6 Å². The van der Waals surface area contributed by atoms with Crippen LogP contribution in [0, 0.1) is 5.92 Å². The van der Waals surface area contributed by atoms with E-state index in [4.69, 9.17) is 5.73 Å². The highest BCUT2D eigenvalue weighted by molar-refractivity contribution is 5.22. The van der Waals surface area contributed by atoms with Gasteiger partial charge in [-0.25, -0.2) is 0 Å². The van der Waals surface area contributed by atoms with Crippen LogP contribution in [-0.4, -0.2) is 13.1 Å². The zero-order valence-corrected chi connectivity index (χ0v) is 10.5. The molecule has 1 aromatic rings. The third-order valence-corrected chi connectivity index (χ3v) is 3.10. The molecule has 2 nitrogen and oxygen atoms in total. The van der Waals surface area contributed by atoms with E-state index in [0.717, 1.165) is 32.5 Å². The van der Waals surface area contributed by atoms with E-state index in [9.17, 15) is 0 Å². The van der Waals surface area contributed by atoms with Gasteiger partial charge in [0.15, 0.2) is 0 Å². The van der Waals surface area contributed by atoms with Gasteiger partial charge in [0.25, 0.3) is 0 Å². The maximum Gasteiger partial charge on any atom is 0.0205 e. The van der Waals surface area contributed by atoms with Crippen LogP contribution in [0.25, 0.3) is 0 Å². The molecular weight excluding hydrogens is 196 g/mol. The molecule has 1 rings (SSSR count). The van der Waals surface area contributed by atoms with Crippen molar-refractivity contribution in [1.82, 2.24) is 5.32 Å². The van der Waals surface area contributed by atoms with E-state index in [1.54, 1.807) is 0 Å². The van der Waals surface area contributed by atoms with E-state index in [1.807, 2.05) is 0 Å². The van der Waals surface area contributed by atoms with Crippen molar-refractivity contribution in [3.63, 3.8) is 0 Å². The Morgan fingerprint density at radius 3 is 2.25 bits per heavy atom. The van der Waals surface area contributed by atoms with Crippen LogP contribution in [0.3, 0.4) is 0 Å². The second kappa shape index (κ2) is 7.42. The summed E-state index contributed by atoms with van der Waals surface area (Å²) in [5, 5.41) is 3.46. The van der Waals surface area contributed by atoms with Crippen LogP contribution in [0.1, 0.15) is 31.4 Å². The summed E-state index contributed by atoms with van der Waals surface area (Å²) in [5.74, 6) is 0.606. The van der Waals surface area contributed by atoms with Crippen molar-refractivity contribution in [3.8, 4) is 0 Å². The van der Waals surface area contributed by atoms with Crippen LogP contribution < -0.4 is 11.1 Å². The summed E-state index contributed by atoms with van der Waals surface area (Å²) in [5.41, 5.74) is 8.41. The van der Waals surface area contributed by atoms with Gasteiger partial charge in [-0.15, -0.1) is 0 Å². The monoisotopic (exact) mass is 220 g/mol. The van der Waals surface area contributed by atoms with E-state index in [1.165, 1.54) is 11.1 Å². The first kappa shape index (κ1) is 13.2. The van der Waals surface area contributed by atoms with Crippen molar-refractivity contribution in [3.05, 3.63) is 35.4 Å². The second-order valence-corrected chi connectivity index (χ2v) is 4.31. The lowest BCUT2D eigenvalue weighted by molar-refractivity contribution is 0.471. The molecule has 0 fully saturated rings. The van der Waals surface area contributed by atoms with Crippen LogP contribution in [0.4, 0.5) is 0 Å². The number of nitrogens with one attached hydrogen (secondary N) is 1. The molecule has 1 aromatic carbocycles. The first-order valence-corrected chi connectivity index (χ1v) is 6.28. The molecule has 90 valence electrons. The maximum absolute atomic E-state index is 5.66. The van der Waals surface area contributed by atoms with E-state index in [0.29, 0.717) is 5.92 Å². The average molecular weight is 220 g/mol. The van der Waals surface area contributed by atoms with Gasteiger partial charge in [0.2, 0.25) is 0 Å². The van der Waals surface area contributed by atoms with Crippen LogP contribution in [0.2, 0.25) is 0 Å². The lowest BCUT2D eigenvalue weighted by atomic mass is 10.1. The molecule has 0 heterocycles. The number of nitrogens with two attached hydrogens (primary N) is 1. The first-order valence-electron chi connectivity index (χ1n) is 6.28. The molecule has 3 N–H and O–H groups in total. The minimum absolute atomic E-state index is 0.606. The molecule has 0 saturated carbocycles. The molecule has 2 heteroatoms. The molecule has 0 saturated heterocycles. The normalized spacial score (nSPS) is 12.7.